The van der Waals surface area contributed by atoms with E-state index in [9.17, 15) is 8.42 Å². The first-order valence-electron chi connectivity index (χ1n) is 5.38. The number of nitrogens with two attached hydrogens (primary N) is 1. The molecule has 1 rings (SSSR count). The number of sulfone groups is 1. The van der Waals surface area contributed by atoms with Gasteiger partial charge in [0.1, 0.15) is 9.84 Å². The summed E-state index contributed by atoms with van der Waals surface area (Å²) in [5, 5.41) is 0. The van der Waals surface area contributed by atoms with E-state index in [4.69, 9.17) is 5.73 Å². The van der Waals surface area contributed by atoms with Gasteiger partial charge in [0.05, 0.1) is 5.75 Å². The van der Waals surface area contributed by atoms with Crippen molar-refractivity contribution in [3.63, 3.8) is 0 Å². The first-order valence-corrected chi connectivity index (χ1v) is 7.44. The van der Waals surface area contributed by atoms with Gasteiger partial charge in [0.2, 0.25) is 0 Å². The van der Waals surface area contributed by atoms with Crippen molar-refractivity contribution < 1.29 is 8.42 Å². The molecule has 0 heterocycles. The first kappa shape index (κ1) is 12.0. The molecule has 0 saturated heterocycles. The van der Waals surface area contributed by atoms with Crippen LogP contribution in [0.25, 0.3) is 0 Å². The van der Waals surface area contributed by atoms with Crippen LogP contribution in [0, 0.1) is 0 Å². The maximum absolute atomic E-state index is 11.0. The Labute approximate surface area is 87.0 Å². The molecule has 0 bridgehead atoms. The third-order valence-corrected chi connectivity index (χ3v) is 4.02. The van der Waals surface area contributed by atoms with Crippen LogP contribution < -0.4 is 5.73 Å². The molecule has 0 spiro atoms. The van der Waals surface area contributed by atoms with Crippen LogP contribution in [0.4, 0.5) is 0 Å². The Kier molecular flexibility index (Phi) is 3.95. The summed E-state index contributed by atoms with van der Waals surface area (Å²) in [6, 6.07) is 0. The van der Waals surface area contributed by atoms with Crippen molar-refractivity contribution in [1.82, 2.24) is 0 Å². The fourth-order valence-corrected chi connectivity index (χ4v) is 2.85. The zero-order valence-electron chi connectivity index (χ0n) is 8.96. The Hall–Kier alpha value is -0.0900. The molecule has 0 radical (unpaired) electrons. The Bertz CT molecular complexity index is 264. The minimum absolute atomic E-state index is 0.209. The van der Waals surface area contributed by atoms with Gasteiger partial charge in [0.15, 0.2) is 0 Å². The molecule has 84 valence electrons. The lowest BCUT2D eigenvalue weighted by atomic mass is 9.89. The lowest BCUT2D eigenvalue weighted by Crippen LogP contribution is -2.40. The smallest absolute Gasteiger partial charge is 0.147 e. The molecule has 2 N–H and O–H groups in total. The van der Waals surface area contributed by atoms with Crippen molar-refractivity contribution in [2.75, 3.05) is 12.0 Å². The van der Waals surface area contributed by atoms with E-state index in [1.807, 2.05) is 0 Å². The minimum Gasteiger partial charge on any atom is -0.325 e. The first-order chi connectivity index (χ1) is 6.41. The quantitative estimate of drug-likeness (QED) is 0.731. The van der Waals surface area contributed by atoms with E-state index in [2.05, 4.69) is 0 Å². The van der Waals surface area contributed by atoms with Crippen molar-refractivity contribution in [3.05, 3.63) is 0 Å². The number of hydrogen-bond donors (Lipinski definition) is 1. The van der Waals surface area contributed by atoms with Crippen LogP contribution in [0.5, 0.6) is 0 Å². The summed E-state index contributed by atoms with van der Waals surface area (Å²) in [5.74, 6) is 0.240. The average molecular weight is 219 g/mol. The monoisotopic (exact) mass is 219 g/mol. The Morgan fingerprint density at radius 3 is 2.07 bits per heavy atom. The predicted molar refractivity (Wildman–Crippen MR) is 58.9 cm³/mol. The average Bonchev–Trinajstić information content (AvgIpc) is 2.27. The Balaban J connectivity index is 2.47. The lowest BCUT2D eigenvalue weighted by molar-refractivity contribution is 0.360. The van der Waals surface area contributed by atoms with Gasteiger partial charge in [-0.25, -0.2) is 8.42 Å². The summed E-state index contributed by atoms with van der Waals surface area (Å²) < 4.78 is 22.1. The highest BCUT2D eigenvalue weighted by molar-refractivity contribution is 7.90. The predicted octanol–water partition coefficient (Wildman–Crippen LogP) is 1.47. The molecular formula is C10H21NO2S. The zero-order chi connectivity index (χ0) is 10.7. The molecule has 0 aromatic rings. The normalized spacial score (nSPS) is 23.0. The second kappa shape index (κ2) is 4.62. The molecule has 1 aliphatic carbocycles. The van der Waals surface area contributed by atoms with Gasteiger partial charge in [-0.05, 0) is 19.3 Å². The molecule has 0 aromatic carbocycles. The van der Waals surface area contributed by atoms with Crippen LogP contribution in [-0.2, 0) is 9.84 Å². The van der Waals surface area contributed by atoms with Crippen LogP contribution in [0.3, 0.4) is 0 Å². The van der Waals surface area contributed by atoms with Gasteiger partial charge in [0, 0.05) is 11.8 Å². The molecule has 0 atom stereocenters. The van der Waals surface area contributed by atoms with Crippen molar-refractivity contribution >= 4 is 9.84 Å². The fourth-order valence-electron chi connectivity index (χ4n) is 2.07. The zero-order valence-corrected chi connectivity index (χ0v) is 9.78. The van der Waals surface area contributed by atoms with Crippen LogP contribution in [0.1, 0.15) is 44.9 Å². The van der Waals surface area contributed by atoms with E-state index in [0.717, 1.165) is 25.7 Å². The Morgan fingerprint density at radius 2 is 1.64 bits per heavy atom. The van der Waals surface area contributed by atoms with E-state index >= 15 is 0 Å². The minimum atomic E-state index is -2.85. The molecule has 0 amide bonds. The maximum atomic E-state index is 11.0. The molecule has 1 aliphatic rings. The molecule has 1 fully saturated rings. The molecule has 0 unspecified atom stereocenters. The molecule has 1 saturated carbocycles. The fraction of sp³-hybridized carbons (Fsp3) is 1.00. The topological polar surface area (TPSA) is 60.2 Å². The van der Waals surface area contributed by atoms with Crippen LogP contribution in [0.2, 0.25) is 0 Å². The summed E-state index contributed by atoms with van der Waals surface area (Å²) in [5.41, 5.74) is 5.99. The highest BCUT2D eigenvalue weighted by atomic mass is 32.2. The van der Waals surface area contributed by atoms with Crippen molar-refractivity contribution in [2.24, 2.45) is 5.73 Å². The van der Waals surface area contributed by atoms with Gasteiger partial charge in [-0.3, -0.25) is 0 Å². The third kappa shape index (κ3) is 4.42. The van der Waals surface area contributed by atoms with E-state index in [0.29, 0.717) is 6.42 Å². The SMILES string of the molecule is CS(=O)(=O)CCC1(N)CCCCCC1. The second-order valence-corrected chi connectivity index (χ2v) is 6.92. The van der Waals surface area contributed by atoms with Gasteiger partial charge in [0.25, 0.3) is 0 Å². The molecule has 14 heavy (non-hydrogen) atoms. The van der Waals surface area contributed by atoms with Crippen LogP contribution >= 0.6 is 0 Å². The van der Waals surface area contributed by atoms with Gasteiger partial charge in [-0.1, -0.05) is 25.7 Å². The summed E-state index contributed by atoms with van der Waals surface area (Å²) in [4.78, 5) is 0. The van der Waals surface area contributed by atoms with Crippen molar-refractivity contribution in [3.8, 4) is 0 Å². The maximum Gasteiger partial charge on any atom is 0.147 e. The van der Waals surface area contributed by atoms with Gasteiger partial charge < -0.3 is 5.73 Å². The van der Waals surface area contributed by atoms with Crippen molar-refractivity contribution in [2.45, 2.75) is 50.5 Å². The largest absolute Gasteiger partial charge is 0.325 e. The Morgan fingerprint density at radius 1 is 1.14 bits per heavy atom. The highest BCUT2D eigenvalue weighted by Gasteiger charge is 2.26. The highest BCUT2D eigenvalue weighted by Crippen LogP contribution is 2.27. The summed E-state index contributed by atoms with van der Waals surface area (Å²) in [6.45, 7) is 0. The van der Waals surface area contributed by atoms with Crippen LogP contribution in [0.15, 0.2) is 0 Å². The third-order valence-electron chi connectivity index (χ3n) is 3.07. The molecular weight excluding hydrogens is 198 g/mol. The van der Waals surface area contributed by atoms with Crippen molar-refractivity contribution in [1.29, 1.82) is 0 Å². The molecule has 3 nitrogen and oxygen atoms in total. The molecule has 0 aromatic heterocycles. The molecule has 0 aliphatic heterocycles. The van der Waals surface area contributed by atoms with Gasteiger partial charge in [-0.15, -0.1) is 0 Å². The van der Waals surface area contributed by atoms with Gasteiger partial charge in [-0.2, -0.15) is 0 Å². The number of hydrogen-bond acceptors (Lipinski definition) is 3. The molecule has 4 heteroatoms. The number of rotatable bonds is 3. The van der Waals surface area contributed by atoms with E-state index in [1.165, 1.54) is 19.1 Å². The van der Waals surface area contributed by atoms with Gasteiger partial charge >= 0.3 is 0 Å². The lowest BCUT2D eigenvalue weighted by Gasteiger charge is -2.27. The van der Waals surface area contributed by atoms with Crippen LogP contribution in [-0.4, -0.2) is 26.0 Å². The summed E-state index contributed by atoms with van der Waals surface area (Å²) >= 11 is 0. The van der Waals surface area contributed by atoms with E-state index in [-0.39, 0.29) is 11.3 Å². The van der Waals surface area contributed by atoms with E-state index in [1.54, 1.807) is 0 Å². The van der Waals surface area contributed by atoms with E-state index < -0.39 is 9.84 Å². The standard InChI is InChI=1S/C10H21NO2S/c1-14(12,13)9-8-10(11)6-4-2-3-5-7-10/h2-9,11H2,1H3. The second-order valence-electron chi connectivity index (χ2n) is 4.66. The summed E-state index contributed by atoms with van der Waals surface area (Å²) in [7, 11) is -2.85. The summed E-state index contributed by atoms with van der Waals surface area (Å²) in [6.07, 6.45) is 8.69.